The zero-order valence-electron chi connectivity index (χ0n) is 26.9. The van der Waals surface area contributed by atoms with E-state index in [9.17, 15) is 0 Å². The third-order valence-electron chi connectivity index (χ3n) is 9.62. The predicted octanol–water partition coefficient (Wildman–Crippen LogP) is 12.0. The molecule has 0 saturated carbocycles. The highest BCUT2D eigenvalue weighted by Crippen LogP contribution is 2.47. The van der Waals surface area contributed by atoms with Crippen LogP contribution in [0.3, 0.4) is 0 Å². The molecule has 0 saturated heterocycles. The van der Waals surface area contributed by atoms with E-state index in [0.717, 1.165) is 80.4 Å². The van der Waals surface area contributed by atoms with Crippen LogP contribution in [0, 0.1) is 32.4 Å². The van der Waals surface area contributed by atoms with Gasteiger partial charge >= 0.3 is 6.18 Å². The van der Waals surface area contributed by atoms with E-state index in [2.05, 4.69) is 0 Å². The lowest BCUT2D eigenvalue weighted by Gasteiger charge is -2.24. The number of aromatic nitrogens is 2. The maximum absolute atomic E-state index is 16.2. The summed E-state index contributed by atoms with van der Waals surface area (Å²) in [5, 5.41) is 2.56. The molecule has 0 atom stereocenters. The SMILES string of the molecule is CC1=Cc2c(c3ccc(C)cc3n2-c2cc(C(F)(F)F)cc(-n3c4cc(C)ccc4c4ccc(C)cc43)c2-c2c(F)cccc2F)CC1. The zero-order chi connectivity index (χ0) is 33.6. The number of allylic oxidation sites excluding steroid dienone is 1. The van der Waals surface area contributed by atoms with E-state index in [1.165, 1.54) is 6.07 Å². The Bertz CT molecular complexity index is 2430. The number of hydrogen-bond acceptors (Lipinski definition) is 0. The lowest BCUT2D eigenvalue weighted by molar-refractivity contribution is -0.137. The molecule has 0 spiro atoms. The normalized spacial score (nSPS) is 13.5. The lowest BCUT2D eigenvalue weighted by Crippen LogP contribution is -2.13. The van der Waals surface area contributed by atoms with Crippen molar-refractivity contribution in [2.45, 2.75) is 46.7 Å². The summed E-state index contributed by atoms with van der Waals surface area (Å²) in [5.41, 5.74) is 6.31. The summed E-state index contributed by atoms with van der Waals surface area (Å²) < 4.78 is 81.1. The summed E-state index contributed by atoms with van der Waals surface area (Å²) in [6, 6.07) is 23.2. The van der Waals surface area contributed by atoms with Crippen LogP contribution in [-0.2, 0) is 12.6 Å². The molecule has 0 bridgehead atoms. The second kappa shape index (κ2) is 10.7. The van der Waals surface area contributed by atoms with E-state index < -0.39 is 23.4 Å². The summed E-state index contributed by atoms with van der Waals surface area (Å²) in [5.74, 6) is -1.72. The van der Waals surface area contributed by atoms with Crippen molar-refractivity contribution in [1.82, 2.24) is 9.13 Å². The molecule has 48 heavy (non-hydrogen) atoms. The summed E-state index contributed by atoms with van der Waals surface area (Å²) in [6.07, 6.45) is -1.26. The first-order chi connectivity index (χ1) is 22.9. The molecule has 1 aliphatic rings. The third-order valence-corrected chi connectivity index (χ3v) is 9.62. The highest BCUT2D eigenvalue weighted by atomic mass is 19.4. The first-order valence-electron chi connectivity index (χ1n) is 15.9. The van der Waals surface area contributed by atoms with Gasteiger partial charge in [-0.2, -0.15) is 13.2 Å². The van der Waals surface area contributed by atoms with Crippen molar-refractivity contribution in [2.24, 2.45) is 0 Å². The molecule has 2 aromatic heterocycles. The maximum atomic E-state index is 16.2. The molecule has 8 rings (SSSR count). The van der Waals surface area contributed by atoms with Gasteiger partial charge in [-0.05, 0) is 111 Å². The van der Waals surface area contributed by atoms with Gasteiger partial charge < -0.3 is 9.13 Å². The van der Waals surface area contributed by atoms with Gasteiger partial charge in [-0.3, -0.25) is 0 Å². The predicted molar refractivity (Wildman–Crippen MR) is 184 cm³/mol. The quantitative estimate of drug-likeness (QED) is 0.169. The van der Waals surface area contributed by atoms with E-state index in [4.69, 9.17) is 0 Å². The second-order valence-corrected chi connectivity index (χ2v) is 13.1. The van der Waals surface area contributed by atoms with Gasteiger partial charge in [0.15, 0.2) is 0 Å². The van der Waals surface area contributed by atoms with Crippen molar-refractivity contribution in [1.29, 1.82) is 0 Å². The Hall–Kier alpha value is -5.17. The Labute approximate surface area is 274 Å². The average molecular weight is 647 g/mol. The van der Waals surface area contributed by atoms with E-state index in [0.29, 0.717) is 23.0 Å². The molecule has 240 valence electrons. The third kappa shape index (κ3) is 4.59. The van der Waals surface area contributed by atoms with Crippen molar-refractivity contribution in [3.63, 3.8) is 0 Å². The fraction of sp³-hybridized carbons (Fsp3) is 0.171. The summed E-state index contributed by atoms with van der Waals surface area (Å²) in [7, 11) is 0. The number of rotatable bonds is 3. The molecule has 7 aromatic rings. The molecule has 2 nitrogen and oxygen atoms in total. The molecule has 5 aromatic carbocycles. The number of hydrogen-bond donors (Lipinski definition) is 0. The van der Waals surface area contributed by atoms with Crippen LogP contribution >= 0.6 is 0 Å². The fourth-order valence-electron chi connectivity index (χ4n) is 7.41. The van der Waals surface area contributed by atoms with Crippen molar-refractivity contribution < 1.29 is 22.0 Å². The van der Waals surface area contributed by atoms with Crippen LogP contribution in [0.4, 0.5) is 22.0 Å². The van der Waals surface area contributed by atoms with E-state index in [-0.39, 0.29) is 22.5 Å². The summed E-state index contributed by atoms with van der Waals surface area (Å²) in [4.78, 5) is 0. The molecule has 0 N–H and O–H groups in total. The van der Waals surface area contributed by atoms with Crippen molar-refractivity contribution in [2.75, 3.05) is 0 Å². The standard InChI is InChI=1S/C41H31F5N2/c1-22-8-12-27-28-13-9-23(2)17-34(28)47(33(27)16-22)37-20-26(41(44,45)46)21-38(40(37)39-31(42)6-5-7-32(39)43)48-35-18-24(3)10-14-29(35)30-15-11-25(4)19-36(30)48/h5-10,12-14,16-21H,11,15H2,1-4H3. The van der Waals surface area contributed by atoms with Gasteiger partial charge in [0.25, 0.3) is 0 Å². The van der Waals surface area contributed by atoms with Gasteiger partial charge in [0.1, 0.15) is 11.6 Å². The molecular formula is C41H31F5N2. The van der Waals surface area contributed by atoms with Crippen LogP contribution < -0.4 is 0 Å². The first-order valence-corrected chi connectivity index (χ1v) is 15.9. The smallest absolute Gasteiger partial charge is 0.309 e. The molecule has 0 amide bonds. The minimum Gasteiger partial charge on any atom is -0.309 e. The first kappa shape index (κ1) is 30.2. The Kier molecular flexibility index (Phi) is 6.71. The van der Waals surface area contributed by atoms with Crippen molar-refractivity contribution >= 4 is 38.8 Å². The number of alkyl halides is 3. The average Bonchev–Trinajstić information content (AvgIpc) is 3.50. The molecule has 0 unspecified atom stereocenters. The molecular weight excluding hydrogens is 615 g/mol. The Balaban J connectivity index is 1.66. The molecule has 0 aliphatic heterocycles. The lowest BCUT2D eigenvalue weighted by atomic mass is 9.95. The van der Waals surface area contributed by atoms with Gasteiger partial charge in [-0.15, -0.1) is 0 Å². The highest BCUT2D eigenvalue weighted by molar-refractivity contribution is 6.10. The minimum atomic E-state index is -4.76. The van der Waals surface area contributed by atoms with Gasteiger partial charge in [0, 0.05) is 27.4 Å². The number of fused-ring (bicyclic) bond motifs is 6. The molecule has 2 heterocycles. The van der Waals surface area contributed by atoms with Crippen LogP contribution in [0.15, 0.2) is 90.5 Å². The van der Waals surface area contributed by atoms with E-state index in [1.807, 2.05) is 88.4 Å². The van der Waals surface area contributed by atoms with Gasteiger partial charge in [-0.25, -0.2) is 8.78 Å². The molecule has 7 heteroatoms. The van der Waals surface area contributed by atoms with Crippen LogP contribution in [0.25, 0.3) is 61.3 Å². The summed E-state index contributed by atoms with van der Waals surface area (Å²) in [6.45, 7) is 7.75. The monoisotopic (exact) mass is 646 g/mol. The topological polar surface area (TPSA) is 9.86 Å². The van der Waals surface area contributed by atoms with E-state index >= 15 is 22.0 Å². The van der Waals surface area contributed by atoms with Crippen molar-refractivity contribution in [3.05, 3.63) is 136 Å². The van der Waals surface area contributed by atoms with Crippen LogP contribution in [0.1, 0.15) is 46.9 Å². The number of benzene rings is 5. The largest absolute Gasteiger partial charge is 0.416 e. The van der Waals surface area contributed by atoms with E-state index in [1.54, 1.807) is 9.13 Å². The zero-order valence-corrected chi connectivity index (χ0v) is 26.9. The fourth-order valence-corrected chi connectivity index (χ4v) is 7.41. The Morgan fingerprint density at radius 1 is 0.562 bits per heavy atom. The second-order valence-electron chi connectivity index (χ2n) is 13.1. The van der Waals surface area contributed by atoms with Crippen LogP contribution in [0.2, 0.25) is 0 Å². The Morgan fingerprint density at radius 3 is 1.60 bits per heavy atom. The van der Waals surface area contributed by atoms with Crippen LogP contribution in [0.5, 0.6) is 0 Å². The molecule has 1 aliphatic carbocycles. The summed E-state index contributed by atoms with van der Waals surface area (Å²) >= 11 is 0. The number of aryl methyl sites for hydroxylation is 4. The van der Waals surface area contributed by atoms with Gasteiger partial charge in [-0.1, -0.05) is 48.0 Å². The number of nitrogens with zero attached hydrogens (tertiary/aromatic N) is 2. The van der Waals surface area contributed by atoms with Crippen molar-refractivity contribution in [3.8, 4) is 22.5 Å². The molecule has 0 radical (unpaired) electrons. The van der Waals surface area contributed by atoms with Gasteiger partial charge in [0.2, 0.25) is 0 Å². The van der Waals surface area contributed by atoms with Gasteiger partial charge in [0.05, 0.1) is 39.1 Å². The highest BCUT2D eigenvalue weighted by Gasteiger charge is 2.35. The molecule has 0 fully saturated rings. The minimum absolute atomic E-state index is 0.0400. The maximum Gasteiger partial charge on any atom is 0.416 e. The number of halogens is 5. The Morgan fingerprint density at radius 2 is 1.06 bits per heavy atom. The van der Waals surface area contributed by atoms with Crippen LogP contribution in [-0.4, -0.2) is 9.13 Å².